The molecule has 0 atom stereocenters. The van der Waals surface area contributed by atoms with Gasteiger partial charge in [-0.3, -0.25) is 19.4 Å². The van der Waals surface area contributed by atoms with E-state index in [1.807, 2.05) is 12.1 Å². The molecule has 0 bridgehead atoms. The summed E-state index contributed by atoms with van der Waals surface area (Å²) in [6, 6.07) is 23.6. The van der Waals surface area contributed by atoms with Gasteiger partial charge in [0.25, 0.3) is 0 Å². The summed E-state index contributed by atoms with van der Waals surface area (Å²) in [6.45, 7) is -0.461. The van der Waals surface area contributed by atoms with Crippen LogP contribution in [0.15, 0.2) is 91.1 Å². The zero-order chi connectivity index (χ0) is 25.3. The van der Waals surface area contributed by atoms with Gasteiger partial charge in [0.05, 0.1) is 23.2 Å². The lowest BCUT2D eigenvalue weighted by Gasteiger charge is -2.08. The number of carbonyl (C=O) groups excluding carboxylic acids is 4. The number of benzene rings is 3. The first-order valence-corrected chi connectivity index (χ1v) is 11.2. The Bertz CT molecular complexity index is 1400. The van der Waals surface area contributed by atoms with Crippen LogP contribution in [0.5, 0.6) is 5.75 Å². The van der Waals surface area contributed by atoms with E-state index in [9.17, 15) is 19.2 Å². The second-order valence-corrected chi connectivity index (χ2v) is 7.79. The topological polar surface area (TPSA) is 112 Å². The Balaban J connectivity index is 1.21. The summed E-state index contributed by atoms with van der Waals surface area (Å²) in [7, 11) is 0. The van der Waals surface area contributed by atoms with E-state index in [2.05, 4.69) is 10.3 Å². The lowest BCUT2D eigenvalue weighted by Crippen LogP contribution is -2.17. The van der Waals surface area contributed by atoms with Gasteiger partial charge in [-0.25, -0.2) is 4.79 Å². The predicted octanol–water partition coefficient (Wildman–Crippen LogP) is 4.60. The molecule has 180 valence electrons. The van der Waals surface area contributed by atoms with Crippen LogP contribution in [0.25, 0.3) is 10.9 Å². The molecule has 0 fully saturated rings. The lowest BCUT2D eigenvalue weighted by atomic mass is 10.1. The van der Waals surface area contributed by atoms with Crippen molar-refractivity contribution in [2.75, 3.05) is 11.9 Å². The van der Waals surface area contributed by atoms with Crippen molar-refractivity contribution in [3.05, 3.63) is 102 Å². The Labute approximate surface area is 206 Å². The average molecular weight is 482 g/mol. The maximum atomic E-state index is 12.3. The van der Waals surface area contributed by atoms with Gasteiger partial charge in [-0.1, -0.05) is 36.4 Å². The lowest BCUT2D eigenvalue weighted by molar-refractivity contribution is -0.143. The number of esters is 2. The highest BCUT2D eigenvalue weighted by molar-refractivity contribution is 6.01. The van der Waals surface area contributed by atoms with Gasteiger partial charge in [0.1, 0.15) is 5.75 Å². The Hall–Kier alpha value is -4.85. The van der Waals surface area contributed by atoms with Crippen molar-refractivity contribution in [3.63, 3.8) is 0 Å². The summed E-state index contributed by atoms with van der Waals surface area (Å²) in [6.07, 6.45) is 1.36. The minimum absolute atomic E-state index is 0.0995. The highest BCUT2D eigenvalue weighted by Crippen LogP contribution is 2.21. The minimum atomic E-state index is -0.664. The number of nitrogens with zero attached hydrogens (tertiary/aromatic N) is 1. The molecule has 1 aromatic heterocycles. The Morgan fingerprint density at radius 1 is 0.750 bits per heavy atom. The van der Waals surface area contributed by atoms with Crippen LogP contribution in [0.1, 0.15) is 33.6 Å². The average Bonchev–Trinajstić information content (AvgIpc) is 2.91. The molecule has 0 saturated carbocycles. The molecule has 0 unspecified atom stereocenters. The number of hydrogen-bond donors (Lipinski definition) is 1. The number of anilines is 1. The molecule has 4 aromatic rings. The van der Waals surface area contributed by atoms with E-state index in [1.165, 1.54) is 24.3 Å². The summed E-state index contributed by atoms with van der Waals surface area (Å²) >= 11 is 0. The second kappa shape index (κ2) is 11.5. The highest BCUT2D eigenvalue weighted by atomic mass is 16.5. The molecular formula is C28H22N2O6. The summed E-state index contributed by atoms with van der Waals surface area (Å²) in [5.74, 6) is -1.68. The third-order valence-corrected chi connectivity index (χ3v) is 5.22. The molecule has 0 spiro atoms. The van der Waals surface area contributed by atoms with Gasteiger partial charge >= 0.3 is 11.9 Å². The Morgan fingerprint density at radius 2 is 1.50 bits per heavy atom. The van der Waals surface area contributed by atoms with Gasteiger partial charge in [0.2, 0.25) is 5.91 Å². The number of aromatic nitrogens is 1. The van der Waals surface area contributed by atoms with E-state index in [1.54, 1.807) is 54.7 Å². The zero-order valence-corrected chi connectivity index (χ0v) is 19.2. The smallest absolute Gasteiger partial charge is 0.343 e. The number of Topliss-reactive ketones (excluding diaryl/α,β-unsaturated/α-hetero) is 1. The fraction of sp³-hybridized carbons (Fsp3) is 0.107. The first-order valence-electron chi connectivity index (χ1n) is 11.2. The van der Waals surface area contributed by atoms with Gasteiger partial charge in [0.15, 0.2) is 12.4 Å². The van der Waals surface area contributed by atoms with Gasteiger partial charge < -0.3 is 14.8 Å². The van der Waals surface area contributed by atoms with E-state index in [0.717, 1.165) is 5.39 Å². The number of amides is 1. The van der Waals surface area contributed by atoms with Crippen LogP contribution < -0.4 is 10.1 Å². The number of para-hydroxylation sites is 1. The van der Waals surface area contributed by atoms with Crippen LogP contribution in [0.4, 0.5) is 5.69 Å². The molecule has 3 aromatic carbocycles. The standard InChI is InChI=1S/C28H22N2O6/c31-24(19-11-13-22(14-12-19)36-28(34)21-6-2-1-3-7-21)18-35-26(33)16-15-25(32)30-23-10-4-8-20-9-5-17-29-27(20)23/h1-14,17H,15-16,18H2,(H,30,32). The number of carbonyl (C=O) groups is 4. The molecule has 1 amide bonds. The number of fused-ring (bicyclic) bond motifs is 1. The number of rotatable bonds is 9. The Morgan fingerprint density at radius 3 is 2.28 bits per heavy atom. The third-order valence-electron chi connectivity index (χ3n) is 5.22. The van der Waals surface area contributed by atoms with Crippen molar-refractivity contribution < 1.29 is 28.7 Å². The summed E-state index contributed by atoms with van der Waals surface area (Å²) in [4.78, 5) is 53.0. The summed E-state index contributed by atoms with van der Waals surface area (Å²) in [5.41, 5.74) is 1.91. The van der Waals surface area contributed by atoms with Crippen LogP contribution in [-0.4, -0.2) is 35.2 Å². The van der Waals surface area contributed by atoms with Crippen LogP contribution in [0, 0.1) is 0 Å². The van der Waals surface area contributed by atoms with E-state index >= 15 is 0 Å². The van der Waals surface area contributed by atoms with E-state index in [4.69, 9.17) is 9.47 Å². The third kappa shape index (κ3) is 6.38. The van der Waals surface area contributed by atoms with Crippen LogP contribution in [0.2, 0.25) is 0 Å². The summed E-state index contributed by atoms with van der Waals surface area (Å²) in [5, 5.41) is 3.63. The maximum absolute atomic E-state index is 12.3. The van der Waals surface area contributed by atoms with Crippen molar-refractivity contribution in [1.82, 2.24) is 4.98 Å². The second-order valence-electron chi connectivity index (χ2n) is 7.79. The van der Waals surface area contributed by atoms with Crippen molar-refractivity contribution >= 4 is 40.2 Å². The molecule has 1 N–H and O–H groups in total. The van der Waals surface area contributed by atoms with E-state index in [-0.39, 0.29) is 24.5 Å². The SMILES string of the molecule is O=C(CCC(=O)OCC(=O)c1ccc(OC(=O)c2ccccc2)cc1)Nc1cccc2cccnc12. The van der Waals surface area contributed by atoms with Crippen molar-refractivity contribution in [1.29, 1.82) is 0 Å². The number of ketones is 1. The highest BCUT2D eigenvalue weighted by Gasteiger charge is 2.14. The van der Waals surface area contributed by atoms with Gasteiger partial charge in [0, 0.05) is 23.6 Å². The molecule has 0 saturated heterocycles. The number of hydrogen-bond acceptors (Lipinski definition) is 7. The normalized spacial score (nSPS) is 10.4. The molecule has 4 rings (SSSR count). The quantitative estimate of drug-likeness (QED) is 0.211. The first kappa shape index (κ1) is 24.3. The van der Waals surface area contributed by atoms with Crippen molar-refractivity contribution in [2.45, 2.75) is 12.8 Å². The van der Waals surface area contributed by atoms with Gasteiger partial charge in [-0.2, -0.15) is 0 Å². The molecule has 36 heavy (non-hydrogen) atoms. The fourth-order valence-electron chi connectivity index (χ4n) is 3.38. The molecule has 8 nitrogen and oxygen atoms in total. The van der Waals surface area contributed by atoms with Crippen LogP contribution in [-0.2, 0) is 14.3 Å². The van der Waals surface area contributed by atoms with Gasteiger partial charge in [-0.05, 0) is 48.5 Å². The molecular weight excluding hydrogens is 460 g/mol. The fourth-order valence-corrected chi connectivity index (χ4v) is 3.38. The minimum Gasteiger partial charge on any atom is -0.457 e. The summed E-state index contributed by atoms with van der Waals surface area (Å²) < 4.78 is 10.3. The number of nitrogens with one attached hydrogen (secondary N) is 1. The Kier molecular flexibility index (Phi) is 7.77. The van der Waals surface area contributed by atoms with Crippen LogP contribution >= 0.6 is 0 Å². The zero-order valence-electron chi connectivity index (χ0n) is 19.2. The van der Waals surface area contributed by atoms with Gasteiger partial charge in [-0.15, -0.1) is 0 Å². The van der Waals surface area contributed by atoms with E-state index in [0.29, 0.717) is 22.3 Å². The maximum Gasteiger partial charge on any atom is 0.343 e. The number of pyridine rings is 1. The molecule has 0 aliphatic rings. The van der Waals surface area contributed by atoms with Crippen LogP contribution in [0.3, 0.4) is 0 Å². The van der Waals surface area contributed by atoms with Crippen molar-refractivity contribution in [3.8, 4) is 5.75 Å². The first-order chi connectivity index (χ1) is 17.5. The monoisotopic (exact) mass is 482 g/mol. The molecule has 1 heterocycles. The predicted molar refractivity (Wildman–Crippen MR) is 133 cm³/mol. The molecule has 0 aliphatic heterocycles. The molecule has 8 heteroatoms. The van der Waals surface area contributed by atoms with Crippen molar-refractivity contribution in [2.24, 2.45) is 0 Å². The molecule has 0 radical (unpaired) electrons. The largest absolute Gasteiger partial charge is 0.457 e. The number of ether oxygens (including phenoxy) is 2. The van der Waals surface area contributed by atoms with E-state index < -0.39 is 24.3 Å². The molecule has 0 aliphatic carbocycles.